The van der Waals surface area contributed by atoms with Crippen LogP contribution < -0.4 is 14.4 Å². The van der Waals surface area contributed by atoms with Gasteiger partial charge in [-0.2, -0.15) is 0 Å². The van der Waals surface area contributed by atoms with E-state index in [1.807, 2.05) is 36.6 Å². The summed E-state index contributed by atoms with van der Waals surface area (Å²) in [5, 5.41) is 10.4. The van der Waals surface area contributed by atoms with Crippen LogP contribution in [0.5, 0.6) is 11.5 Å². The van der Waals surface area contributed by atoms with Gasteiger partial charge in [-0.15, -0.1) is 21.5 Å². The zero-order chi connectivity index (χ0) is 18.5. The molecule has 0 amide bonds. The summed E-state index contributed by atoms with van der Waals surface area (Å²) in [6.07, 6.45) is 0. The quantitative estimate of drug-likeness (QED) is 0.657. The molecular formula is C19H24N3O3S+. The normalized spacial score (nSPS) is 13.4. The van der Waals surface area contributed by atoms with Crippen LogP contribution in [0.15, 0.2) is 40.1 Å². The van der Waals surface area contributed by atoms with Gasteiger partial charge in [0.1, 0.15) is 6.54 Å². The van der Waals surface area contributed by atoms with Crippen molar-refractivity contribution in [3.8, 4) is 22.3 Å². The molecule has 0 aliphatic rings. The highest BCUT2D eigenvalue weighted by atomic mass is 32.1. The SMILES string of the molecule is CCOc1ccc(C[NH+](C)[C@H](C)c2nnc(-c3cccs3)o2)cc1OC. The fourth-order valence-corrected chi connectivity index (χ4v) is 3.34. The van der Waals surface area contributed by atoms with Crippen molar-refractivity contribution < 1.29 is 18.8 Å². The number of aromatic nitrogens is 2. The van der Waals surface area contributed by atoms with Crippen molar-refractivity contribution in [2.75, 3.05) is 20.8 Å². The van der Waals surface area contributed by atoms with Gasteiger partial charge in [-0.25, -0.2) is 0 Å². The van der Waals surface area contributed by atoms with Gasteiger partial charge in [0.05, 0.1) is 25.6 Å². The number of thiophene rings is 1. The number of ether oxygens (including phenoxy) is 2. The lowest BCUT2D eigenvalue weighted by Crippen LogP contribution is -3.07. The van der Waals surface area contributed by atoms with Crippen LogP contribution in [0.4, 0.5) is 0 Å². The third-order valence-corrected chi connectivity index (χ3v) is 5.15. The molecule has 26 heavy (non-hydrogen) atoms. The summed E-state index contributed by atoms with van der Waals surface area (Å²) in [6, 6.07) is 10.1. The van der Waals surface area contributed by atoms with Gasteiger partial charge in [-0.3, -0.25) is 0 Å². The Morgan fingerprint density at radius 2 is 2.08 bits per heavy atom. The van der Waals surface area contributed by atoms with E-state index in [1.54, 1.807) is 18.4 Å². The van der Waals surface area contributed by atoms with Crippen LogP contribution in [-0.4, -0.2) is 31.0 Å². The number of methoxy groups -OCH3 is 1. The molecule has 3 rings (SSSR count). The molecule has 2 aromatic heterocycles. The standard InChI is InChI=1S/C19H23N3O3S/c1-5-24-15-9-8-14(11-16(15)23-4)12-22(3)13(2)18-20-21-19(25-18)17-7-6-10-26-17/h6-11,13H,5,12H2,1-4H3/p+1/t13-/m1/s1. The van der Waals surface area contributed by atoms with Crippen molar-refractivity contribution in [2.24, 2.45) is 0 Å². The van der Waals surface area contributed by atoms with Crippen molar-refractivity contribution >= 4 is 11.3 Å². The summed E-state index contributed by atoms with van der Waals surface area (Å²) in [5.41, 5.74) is 1.16. The summed E-state index contributed by atoms with van der Waals surface area (Å²) in [6.45, 7) is 5.47. The maximum Gasteiger partial charge on any atom is 0.274 e. The Morgan fingerprint density at radius 1 is 1.23 bits per heavy atom. The summed E-state index contributed by atoms with van der Waals surface area (Å²) in [5.74, 6) is 2.74. The number of nitrogens with zero attached hydrogens (tertiary/aromatic N) is 2. The molecule has 0 saturated carbocycles. The van der Waals surface area contributed by atoms with Gasteiger partial charge in [-0.1, -0.05) is 6.07 Å². The highest BCUT2D eigenvalue weighted by molar-refractivity contribution is 7.13. The average Bonchev–Trinajstić information content (AvgIpc) is 3.33. The predicted molar refractivity (Wildman–Crippen MR) is 101 cm³/mol. The molecule has 1 aromatic carbocycles. The fraction of sp³-hybridized carbons (Fsp3) is 0.368. The first-order valence-corrected chi connectivity index (χ1v) is 9.49. The second kappa shape index (κ2) is 8.33. The van der Waals surface area contributed by atoms with Crippen LogP contribution in [-0.2, 0) is 6.54 Å². The molecule has 6 nitrogen and oxygen atoms in total. The van der Waals surface area contributed by atoms with Gasteiger partial charge in [-0.05, 0) is 43.5 Å². The largest absolute Gasteiger partial charge is 0.493 e. The molecule has 0 spiro atoms. The zero-order valence-electron chi connectivity index (χ0n) is 15.5. The minimum Gasteiger partial charge on any atom is -0.493 e. The molecule has 138 valence electrons. The minimum atomic E-state index is 0.0776. The first-order chi connectivity index (χ1) is 12.6. The molecule has 7 heteroatoms. The van der Waals surface area contributed by atoms with E-state index in [1.165, 1.54) is 4.90 Å². The van der Waals surface area contributed by atoms with E-state index in [4.69, 9.17) is 13.9 Å². The highest BCUT2D eigenvalue weighted by Crippen LogP contribution is 2.28. The molecule has 0 fully saturated rings. The number of hydrogen-bond donors (Lipinski definition) is 1. The van der Waals surface area contributed by atoms with Gasteiger partial charge in [0.2, 0.25) is 0 Å². The average molecular weight is 374 g/mol. The van der Waals surface area contributed by atoms with Crippen LogP contribution in [0.25, 0.3) is 10.8 Å². The van der Waals surface area contributed by atoms with Crippen LogP contribution in [0.3, 0.4) is 0 Å². The van der Waals surface area contributed by atoms with Crippen molar-refractivity contribution in [3.05, 3.63) is 47.2 Å². The third-order valence-electron chi connectivity index (χ3n) is 4.29. The maximum atomic E-state index is 5.87. The number of quaternary nitrogens is 1. The van der Waals surface area contributed by atoms with Gasteiger partial charge in [0.15, 0.2) is 17.5 Å². The Bertz CT molecular complexity index is 832. The molecule has 2 heterocycles. The van der Waals surface area contributed by atoms with E-state index in [9.17, 15) is 0 Å². The Hall–Kier alpha value is -2.38. The number of rotatable bonds is 8. The molecule has 0 aliphatic heterocycles. The van der Waals surface area contributed by atoms with Crippen LogP contribution in [0.1, 0.15) is 31.3 Å². The second-order valence-corrected chi connectivity index (χ2v) is 7.03. The molecule has 0 bridgehead atoms. The molecule has 0 aliphatic carbocycles. The molecule has 2 atom stereocenters. The maximum absolute atomic E-state index is 5.87. The van der Waals surface area contributed by atoms with Crippen LogP contribution in [0, 0.1) is 0 Å². The van der Waals surface area contributed by atoms with Crippen molar-refractivity contribution in [3.63, 3.8) is 0 Å². The van der Waals surface area contributed by atoms with E-state index >= 15 is 0 Å². The topological polar surface area (TPSA) is 61.8 Å². The summed E-state index contributed by atoms with van der Waals surface area (Å²) in [4.78, 5) is 2.24. The van der Waals surface area contributed by atoms with Crippen molar-refractivity contribution in [1.29, 1.82) is 0 Å². The molecule has 3 aromatic rings. The van der Waals surface area contributed by atoms with Gasteiger partial charge in [0.25, 0.3) is 11.8 Å². The van der Waals surface area contributed by atoms with Gasteiger partial charge >= 0.3 is 0 Å². The Balaban J connectivity index is 1.70. The zero-order valence-corrected chi connectivity index (χ0v) is 16.3. The lowest BCUT2D eigenvalue weighted by molar-refractivity contribution is -0.925. The Kier molecular flexibility index (Phi) is 5.90. The number of benzene rings is 1. The number of nitrogens with one attached hydrogen (secondary N) is 1. The van der Waals surface area contributed by atoms with E-state index in [0.29, 0.717) is 18.4 Å². The predicted octanol–water partition coefficient (Wildman–Crippen LogP) is 2.98. The molecule has 1 N–H and O–H groups in total. The third kappa shape index (κ3) is 4.05. The first kappa shape index (κ1) is 18.4. The van der Waals surface area contributed by atoms with E-state index < -0.39 is 0 Å². The molecule has 1 unspecified atom stereocenters. The number of hydrogen-bond acceptors (Lipinski definition) is 6. The summed E-state index contributed by atoms with van der Waals surface area (Å²) in [7, 11) is 3.77. The summed E-state index contributed by atoms with van der Waals surface area (Å²) >= 11 is 1.59. The lowest BCUT2D eigenvalue weighted by Gasteiger charge is -2.19. The van der Waals surface area contributed by atoms with Crippen LogP contribution in [0.2, 0.25) is 0 Å². The highest BCUT2D eigenvalue weighted by Gasteiger charge is 2.23. The first-order valence-electron chi connectivity index (χ1n) is 8.61. The van der Waals surface area contributed by atoms with Gasteiger partial charge in [0, 0.05) is 5.56 Å². The Labute approximate surface area is 157 Å². The van der Waals surface area contributed by atoms with E-state index in [0.717, 1.165) is 28.5 Å². The summed E-state index contributed by atoms with van der Waals surface area (Å²) < 4.78 is 16.9. The van der Waals surface area contributed by atoms with Gasteiger partial charge < -0.3 is 18.8 Å². The van der Waals surface area contributed by atoms with Crippen molar-refractivity contribution in [2.45, 2.75) is 26.4 Å². The minimum absolute atomic E-state index is 0.0776. The van der Waals surface area contributed by atoms with Crippen LogP contribution >= 0.6 is 11.3 Å². The monoisotopic (exact) mass is 374 g/mol. The van der Waals surface area contributed by atoms with E-state index in [2.05, 4.69) is 30.2 Å². The van der Waals surface area contributed by atoms with E-state index in [-0.39, 0.29) is 6.04 Å². The fourth-order valence-electron chi connectivity index (χ4n) is 2.69. The second-order valence-electron chi connectivity index (χ2n) is 6.09. The Morgan fingerprint density at radius 3 is 2.77 bits per heavy atom. The van der Waals surface area contributed by atoms with Crippen molar-refractivity contribution in [1.82, 2.24) is 10.2 Å². The molecule has 0 radical (unpaired) electrons. The molecular weight excluding hydrogens is 350 g/mol. The smallest absolute Gasteiger partial charge is 0.274 e. The lowest BCUT2D eigenvalue weighted by atomic mass is 10.1. The molecule has 0 saturated heterocycles.